The van der Waals surface area contributed by atoms with Gasteiger partial charge in [0.05, 0.1) is 18.8 Å². The number of fused-ring (bicyclic) bond motifs is 1. The monoisotopic (exact) mass is 262 g/mol. The van der Waals surface area contributed by atoms with Crippen molar-refractivity contribution in [2.45, 2.75) is 56.8 Å². The van der Waals surface area contributed by atoms with Crippen LogP contribution < -0.4 is 4.74 Å². The molecule has 0 bridgehead atoms. The number of hydrogen-bond donors (Lipinski definition) is 1. The van der Waals surface area contributed by atoms with Crippen LogP contribution in [-0.2, 0) is 4.74 Å². The number of aliphatic hydroxyl groups excluding tert-OH is 1. The number of ether oxygens (including phenoxy) is 2. The van der Waals surface area contributed by atoms with Gasteiger partial charge in [0.2, 0.25) is 0 Å². The van der Waals surface area contributed by atoms with Crippen molar-refractivity contribution in [1.29, 1.82) is 0 Å². The molecule has 0 aliphatic carbocycles. The van der Waals surface area contributed by atoms with E-state index in [1.165, 1.54) is 0 Å². The van der Waals surface area contributed by atoms with Crippen LogP contribution in [0.3, 0.4) is 0 Å². The number of rotatable bonds is 2. The molecule has 2 aliphatic heterocycles. The highest BCUT2D eigenvalue weighted by Gasteiger charge is 2.44. The topological polar surface area (TPSA) is 38.7 Å². The fourth-order valence-corrected chi connectivity index (χ4v) is 3.36. The van der Waals surface area contributed by atoms with Gasteiger partial charge in [-0.05, 0) is 12.5 Å². The molecule has 19 heavy (non-hydrogen) atoms. The van der Waals surface area contributed by atoms with Crippen molar-refractivity contribution in [3.05, 3.63) is 29.8 Å². The fraction of sp³-hybridized carbons (Fsp3) is 0.625. The summed E-state index contributed by atoms with van der Waals surface area (Å²) in [6.45, 7) is 2.91. The molecule has 1 aromatic carbocycles. The van der Waals surface area contributed by atoms with Crippen LogP contribution >= 0.6 is 0 Å². The lowest BCUT2D eigenvalue weighted by Gasteiger charge is -2.45. The summed E-state index contributed by atoms with van der Waals surface area (Å²) < 4.78 is 12.1. The van der Waals surface area contributed by atoms with Crippen molar-refractivity contribution in [2.75, 3.05) is 6.61 Å². The van der Waals surface area contributed by atoms with Gasteiger partial charge in [-0.1, -0.05) is 31.5 Å². The maximum absolute atomic E-state index is 10.4. The van der Waals surface area contributed by atoms with Gasteiger partial charge in [-0.15, -0.1) is 0 Å². The lowest BCUT2D eigenvalue weighted by molar-refractivity contribution is -0.118. The minimum atomic E-state index is -0.412. The van der Waals surface area contributed by atoms with Crippen molar-refractivity contribution in [2.24, 2.45) is 0 Å². The first-order chi connectivity index (χ1) is 9.22. The molecular weight excluding hydrogens is 240 g/mol. The summed E-state index contributed by atoms with van der Waals surface area (Å²) in [4.78, 5) is 0. The maximum Gasteiger partial charge on any atom is 0.125 e. The molecule has 3 atom stereocenters. The van der Waals surface area contributed by atoms with Gasteiger partial charge in [-0.25, -0.2) is 0 Å². The first-order valence-corrected chi connectivity index (χ1v) is 7.30. The average molecular weight is 262 g/mol. The van der Waals surface area contributed by atoms with Crippen LogP contribution in [0.2, 0.25) is 0 Å². The third-order valence-electron chi connectivity index (χ3n) is 4.29. The van der Waals surface area contributed by atoms with E-state index >= 15 is 0 Å². The normalized spacial score (nSPS) is 33.8. The van der Waals surface area contributed by atoms with E-state index in [0.717, 1.165) is 43.6 Å². The molecule has 0 radical (unpaired) electrons. The molecule has 1 saturated heterocycles. The summed E-state index contributed by atoms with van der Waals surface area (Å²) in [6.07, 6.45) is 4.52. The van der Waals surface area contributed by atoms with Gasteiger partial charge in [0.1, 0.15) is 11.4 Å². The molecule has 1 spiro atoms. The summed E-state index contributed by atoms with van der Waals surface area (Å²) in [5, 5.41) is 10.4. The van der Waals surface area contributed by atoms with Crippen molar-refractivity contribution >= 4 is 0 Å². The quantitative estimate of drug-likeness (QED) is 0.889. The van der Waals surface area contributed by atoms with Crippen LogP contribution in [0.5, 0.6) is 5.75 Å². The molecule has 0 saturated carbocycles. The Morgan fingerprint density at radius 2 is 2.16 bits per heavy atom. The zero-order valence-corrected chi connectivity index (χ0v) is 11.5. The zero-order chi connectivity index (χ0) is 13.3. The van der Waals surface area contributed by atoms with E-state index in [1.54, 1.807) is 0 Å². The summed E-state index contributed by atoms with van der Waals surface area (Å²) in [7, 11) is 0. The Balaban J connectivity index is 1.83. The van der Waals surface area contributed by atoms with Gasteiger partial charge in [-0.2, -0.15) is 0 Å². The molecule has 3 nitrogen and oxygen atoms in total. The molecule has 0 amide bonds. The van der Waals surface area contributed by atoms with Gasteiger partial charge in [0, 0.05) is 24.8 Å². The minimum absolute atomic E-state index is 0.230. The Morgan fingerprint density at radius 3 is 3.00 bits per heavy atom. The van der Waals surface area contributed by atoms with Crippen molar-refractivity contribution in [3.8, 4) is 5.75 Å². The molecule has 3 rings (SSSR count). The summed E-state index contributed by atoms with van der Waals surface area (Å²) >= 11 is 0. The number of aliphatic hydroxyl groups is 1. The highest BCUT2D eigenvalue weighted by Crippen LogP contribution is 2.45. The van der Waals surface area contributed by atoms with Gasteiger partial charge >= 0.3 is 0 Å². The molecular formula is C16H22O3. The maximum atomic E-state index is 10.4. The van der Waals surface area contributed by atoms with Crippen LogP contribution in [-0.4, -0.2) is 23.4 Å². The Hall–Kier alpha value is -1.06. The SMILES string of the molecule is CCCC1CC2(CCO1)C[C@@H](O)c1ccccc1O2. The largest absolute Gasteiger partial charge is 0.487 e. The van der Waals surface area contributed by atoms with Crippen LogP contribution in [0.25, 0.3) is 0 Å². The van der Waals surface area contributed by atoms with E-state index in [0.29, 0.717) is 6.42 Å². The predicted molar refractivity (Wildman–Crippen MR) is 73.3 cm³/mol. The lowest BCUT2D eigenvalue weighted by Crippen LogP contribution is -2.48. The highest BCUT2D eigenvalue weighted by atomic mass is 16.5. The molecule has 104 valence electrons. The highest BCUT2D eigenvalue weighted by molar-refractivity contribution is 5.38. The van der Waals surface area contributed by atoms with E-state index in [9.17, 15) is 5.11 Å². The van der Waals surface area contributed by atoms with E-state index in [2.05, 4.69) is 6.92 Å². The molecule has 1 fully saturated rings. The first kappa shape index (κ1) is 12.9. The van der Waals surface area contributed by atoms with E-state index < -0.39 is 6.10 Å². The molecule has 2 aliphatic rings. The Kier molecular flexibility index (Phi) is 3.50. The summed E-state index contributed by atoms with van der Waals surface area (Å²) in [5.74, 6) is 0.846. The Labute approximate surface area is 114 Å². The van der Waals surface area contributed by atoms with Crippen LogP contribution in [0, 0.1) is 0 Å². The summed E-state index contributed by atoms with van der Waals surface area (Å²) in [5.41, 5.74) is 0.693. The molecule has 0 aromatic heterocycles. The second-order valence-electron chi connectivity index (χ2n) is 5.78. The number of benzene rings is 1. The Morgan fingerprint density at radius 1 is 1.32 bits per heavy atom. The fourth-order valence-electron chi connectivity index (χ4n) is 3.36. The zero-order valence-electron chi connectivity index (χ0n) is 11.5. The van der Waals surface area contributed by atoms with Crippen molar-refractivity contribution < 1.29 is 14.6 Å². The molecule has 3 heteroatoms. The second kappa shape index (κ2) is 5.14. The van der Waals surface area contributed by atoms with E-state index in [4.69, 9.17) is 9.47 Å². The number of hydrogen-bond acceptors (Lipinski definition) is 3. The summed E-state index contributed by atoms with van der Waals surface area (Å²) in [6, 6.07) is 7.83. The van der Waals surface area contributed by atoms with Gasteiger partial charge in [0.25, 0.3) is 0 Å². The average Bonchev–Trinajstić information content (AvgIpc) is 2.39. The second-order valence-corrected chi connectivity index (χ2v) is 5.78. The molecule has 2 heterocycles. The van der Waals surface area contributed by atoms with Crippen LogP contribution in [0.4, 0.5) is 0 Å². The molecule has 1 N–H and O–H groups in total. The van der Waals surface area contributed by atoms with Crippen LogP contribution in [0.1, 0.15) is 50.7 Å². The number of para-hydroxylation sites is 1. The third-order valence-corrected chi connectivity index (χ3v) is 4.29. The molecule has 2 unspecified atom stereocenters. The van der Waals surface area contributed by atoms with Crippen molar-refractivity contribution in [1.82, 2.24) is 0 Å². The van der Waals surface area contributed by atoms with Crippen LogP contribution in [0.15, 0.2) is 24.3 Å². The minimum Gasteiger partial charge on any atom is -0.487 e. The Bertz CT molecular complexity index is 443. The predicted octanol–water partition coefficient (Wildman–Crippen LogP) is 3.22. The lowest BCUT2D eigenvalue weighted by atomic mass is 9.80. The third kappa shape index (κ3) is 2.49. The van der Waals surface area contributed by atoms with Gasteiger partial charge in [-0.3, -0.25) is 0 Å². The van der Waals surface area contributed by atoms with Gasteiger partial charge < -0.3 is 14.6 Å². The first-order valence-electron chi connectivity index (χ1n) is 7.30. The van der Waals surface area contributed by atoms with Gasteiger partial charge in [0.15, 0.2) is 0 Å². The smallest absolute Gasteiger partial charge is 0.125 e. The van der Waals surface area contributed by atoms with Crippen molar-refractivity contribution in [3.63, 3.8) is 0 Å². The van der Waals surface area contributed by atoms with E-state index in [1.807, 2.05) is 24.3 Å². The standard InChI is InChI=1S/C16H22O3/c1-2-5-12-10-16(8-9-18-12)11-14(17)13-6-3-4-7-15(13)19-16/h3-4,6-7,12,14,17H,2,5,8-11H2,1H3/t12?,14-,16?/m1/s1. The molecule has 1 aromatic rings. The van der Waals surface area contributed by atoms with E-state index in [-0.39, 0.29) is 11.7 Å².